The predicted molar refractivity (Wildman–Crippen MR) is 129 cm³/mol. The second-order valence-electron chi connectivity index (χ2n) is 7.34. The first kappa shape index (κ1) is 21.4. The maximum atomic E-state index is 12.7. The summed E-state index contributed by atoms with van der Waals surface area (Å²) in [7, 11) is 0. The number of hydrogen-bond acceptors (Lipinski definition) is 5. The Morgan fingerprint density at radius 1 is 1.00 bits per heavy atom. The smallest absolute Gasteiger partial charge is 0.255 e. The molecule has 0 saturated carbocycles. The molecule has 1 aromatic heterocycles. The molecule has 0 fully saturated rings. The van der Waals surface area contributed by atoms with Crippen molar-refractivity contribution in [1.29, 1.82) is 0 Å². The van der Waals surface area contributed by atoms with Crippen molar-refractivity contribution >= 4 is 28.4 Å². The second-order valence-corrected chi connectivity index (χ2v) is 7.34. The van der Waals surface area contributed by atoms with Crippen LogP contribution in [-0.2, 0) is 0 Å². The first-order valence-electron chi connectivity index (χ1n) is 10.9. The van der Waals surface area contributed by atoms with Gasteiger partial charge < -0.3 is 19.4 Å². The lowest BCUT2D eigenvalue weighted by Crippen LogP contribution is -2.21. The summed E-state index contributed by atoms with van der Waals surface area (Å²) in [6.45, 7) is 8.67. The van der Waals surface area contributed by atoms with Gasteiger partial charge in [-0.15, -0.1) is 0 Å². The summed E-state index contributed by atoms with van der Waals surface area (Å²) in [6, 6.07) is 20.8. The maximum Gasteiger partial charge on any atom is 0.255 e. The number of amides is 1. The predicted octanol–water partition coefficient (Wildman–Crippen LogP) is 5.99. The van der Waals surface area contributed by atoms with E-state index in [1.807, 2.05) is 43.3 Å². The van der Waals surface area contributed by atoms with Crippen molar-refractivity contribution < 1.29 is 13.9 Å². The van der Waals surface area contributed by atoms with Crippen LogP contribution in [0, 0.1) is 0 Å². The van der Waals surface area contributed by atoms with Crippen LogP contribution in [-0.4, -0.2) is 30.6 Å². The summed E-state index contributed by atoms with van der Waals surface area (Å²) < 4.78 is 11.4. The number of carbonyl (C=O) groups is 1. The number of nitrogens with zero attached hydrogens (tertiary/aromatic N) is 2. The molecular formula is C26H27N3O3. The van der Waals surface area contributed by atoms with Crippen LogP contribution >= 0.6 is 0 Å². The molecule has 164 valence electrons. The van der Waals surface area contributed by atoms with E-state index in [1.165, 1.54) is 5.69 Å². The molecule has 0 aliphatic carbocycles. The number of rotatable bonds is 8. The quantitative estimate of drug-likeness (QED) is 0.372. The van der Waals surface area contributed by atoms with Gasteiger partial charge in [-0.1, -0.05) is 6.07 Å². The molecule has 1 amide bonds. The van der Waals surface area contributed by atoms with Crippen molar-refractivity contribution in [3.8, 4) is 17.2 Å². The highest BCUT2D eigenvalue weighted by Crippen LogP contribution is 2.28. The van der Waals surface area contributed by atoms with Gasteiger partial charge in [0.25, 0.3) is 5.91 Å². The fourth-order valence-electron chi connectivity index (χ4n) is 3.63. The number of aromatic nitrogens is 1. The third kappa shape index (κ3) is 4.59. The molecule has 0 bridgehead atoms. The van der Waals surface area contributed by atoms with Crippen molar-refractivity contribution in [3.05, 3.63) is 72.3 Å². The molecule has 3 aromatic carbocycles. The molecule has 0 aliphatic rings. The maximum absolute atomic E-state index is 12.7. The van der Waals surface area contributed by atoms with Gasteiger partial charge in [-0.3, -0.25) is 4.79 Å². The van der Waals surface area contributed by atoms with Gasteiger partial charge in [0, 0.05) is 35.6 Å². The molecule has 0 saturated heterocycles. The van der Waals surface area contributed by atoms with Gasteiger partial charge in [0.05, 0.1) is 6.61 Å². The lowest BCUT2D eigenvalue weighted by Gasteiger charge is -2.20. The fraction of sp³-hybridized carbons (Fsp3) is 0.231. The van der Waals surface area contributed by atoms with Gasteiger partial charge in [-0.2, -0.15) is 0 Å². The summed E-state index contributed by atoms with van der Waals surface area (Å²) >= 11 is 0. The third-order valence-electron chi connectivity index (χ3n) is 5.30. The number of carbonyl (C=O) groups excluding carboxylic acids is 1. The minimum Gasteiger partial charge on any atom is -0.494 e. The molecule has 6 nitrogen and oxygen atoms in total. The number of oxazole rings is 1. The number of nitrogens with one attached hydrogen (secondary N) is 1. The molecule has 4 aromatic rings. The first-order chi connectivity index (χ1) is 15.6. The summed E-state index contributed by atoms with van der Waals surface area (Å²) in [5, 5.41) is 2.92. The topological polar surface area (TPSA) is 67.6 Å². The average molecular weight is 430 g/mol. The van der Waals surface area contributed by atoms with E-state index in [4.69, 9.17) is 9.15 Å². The van der Waals surface area contributed by atoms with Gasteiger partial charge in [0.1, 0.15) is 11.3 Å². The Morgan fingerprint density at radius 2 is 1.78 bits per heavy atom. The van der Waals surface area contributed by atoms with Gasteiger partial charge in [0.2, 0.25) is 5.89 Å². The van der Waals surface area contributed by atoms with Crippen LogP contribution in [0.4, 0.5) is 11.4 Å². The molecule has 0 unspecified atom stereocenters. The zero-order valence-corrected chi connectivity index (χ0v) is 18.6. The molecular weight excluding hydrogens is 402 g/mol. The van der Waals surface area contributed by atoms with Crippen LogP contribution < -0.4 is 15.0 Å². The van der Waals surface area contributed by atoms with E-state index in [0.29, 0.717) is 40.6 Å². The number of anilines is 2. The molecule has 32 heavy (non-hydrogen) atoms. The molecule has 4 rings (SSSR count). The first-order valence-corrected chi connectivity index (χ1v) is 10.9. The number of fused-ring (bicyclic) bond motifs is 1. The minimum atomic E-state index is -0.207. The van der Waals surface area contributed by atoms with Crippen molar-refractivity contribution in [2.45, 2.75) is 20.8 Å². The van der Waals surface area contributed by atoms with Gasteiger partial charge in [-0.25, -0.2) is 4.98 Å². The number of hydrogen-bond donors (Lipinski definition) is 1. The standard InChI is InChI=1S/C26H27N3O3/c1-4-29(5-2)21-13-10-18(11-14-21)26-28-23-17-20(12-15-24(23)32-26)27-25(30)19-8-7-9-22(16-19)31-6-3/h7-17H,4-6H2,1-3H3,(H,27,30). The van der Waals surface area contributed by atoms with Gasteiger partial charge in [-0.05, 0) is 81.4 Å². The zero-order valence-electron chi connectivity index (χ0n) is 18.6. The SMILES string of the molecule is CCOc1cccc(C(=O)Nc2ccc3oc(-c4ccc(N(CC)CC)cc4)nc3c2)c1. The van der Waals surface area contributed by atoms with Crippen LogP contribution in [0.3, 0.4) is 0 Å². The van der Waals surface area contributed by atoms with E-state index in [9.17, 15) is 4.79 Å². The van der Waals surface area contributed by atoms with Crippen molar-refractivity contribution in [1.82, 2.24) is 4.98 Å². The lowest BCUT2D eigenvalue weighted by atomic mass is 10.2. The molecule has 0 radical (unpaired) electrons. The second kappa shape index (κ2) is 9.56. The van der Waals surface area contributed by atoms with Crippen molar-refractivity contribution in [2.75, 3.05) is 29.9 Å². The molecule has 1 N–H and O–H groups in total. The molecule has 6 heteroatoms. The van der Waals surface area contributed by atoms with Gasteiger partial charge in [0.15, 0.2) is 5.58 Å². The monoisotopic (exact) mass is 429 g/mol. The Kier molecular flexibility index (Phi) is 6.40. The summed E-state index contributed by atoms with van der Waals surface area (Å²) in [4.78, 5) is 19.6. The summed E-state index contributed by atoms with van der Waals surface area (Å²) in [6.07, 6.45) is 0. The molecule has 0 aliphatic heterocycles. The van der Waals surface area contributed by atoms with Crippen LogP contribution in [0.25, 0.3) is 22.6 Å². The Bertz CT molecular complexity index is 1210. The van der Waals surface area contributed by atoms with E-state index in [2.05, 4.69) is 41.2 Å². The van der Waals surface area contributed by atoms with Gasteiger partial charge >= 0.3 is 0 Å². The highest BCUT2D eigenvalue weighted by atomic mass is 16.5. The largest absolute Gasteiger partial charge is 0.494 e. The lowest BCUT2D eigenvalue weighted by molar-refractivity contribution is 0.102. The van der Waals surface area contributed by atoms with Crippen molar-refractivity contribution in [2.24, 2.45) is 0 Å². The van der Waals surface area contributed by atoms with Crippen LogP contribution in [0.5, 0.6) is 5.75 Å². The average Bonchev–Trinajstić information content (AvgIpc) is 3.24. The summed E-state index contributed by atoms with van der Waals surface area (Å²) in [5.74, 6) is 1.02. The van der Waals surface area contributed by atoms with Crippen LogP contribution in [0.2, 0.25) is 0 Å². The van der Waals surface area contributed by atoms with E-state index < -0.39 is 0 Å². The Labute approximate surface area is 187 Å². The normalized spacial score (nSPS) is 10.8. The zero-order chi connectivity index (χ0) is 22.5. The van der Waals surface area contributed by atoms with E-state index in [1.54, 1.807) is 18.2 Å². The highest BCUT2D eigenvalue weighted by Gasteiger charge is 2.12. The third-order valence-corrected chi connectivity index (χ3v) is 5.30. The number of ether oxygens (including phenoxy) is 1. The Hall–Kier alpha value is -3.80. The Balaban J connectivity index is 1.53. The van der Waals surface area contributed by atoms with E-state index in [-0.39, 0.29) is 5.91 Å². The summed E-state index contributed by atoms with van der Waals surface area (Å²) in [5.41, 5.74) is 4.63. The van der Waals surface area contributed by atoms with E-state index in [0.717, 1.165) is 18.7 Å². The van der Waals surface area contributed by atoms with Crippen LogP contribution in [0.15, 0.2) is 71.1 Å². The van der Waals surface area contributed by atoms with E-state index >= 15 is 0 Å². The molecule has 1 heterocycles. The highest BCUT2D eigenvalue weighted by molar-refractivity contribution is 6.05. The fourth-order valence-corrected chi connectivity index (χ4v) is 3.63. The number of benzene rings is 3. The minimum absolute atomic E-state index is 0.207. The van der Waals surface area contributed by atoms with Crippen molar-refractivity contribution in [3.63, 3.8) is 0 Å². The Morgan fingerprint density at radius 3 is 2.50 bits per heavy atom. The molecule has 0 atom stereocenters. The molecule has 0 spiro atoms. The van der Waals surface area contributed by atoms with Crippen LogP contribution in [0.1, 0.15) is 31.1 Å².